The van der Waals surface area contributed by atoms with Gasteiger partial charge in [0.2, 0.25) is 0 Å². The summed E-state index contributed by atoms with van der Waals surface area (Å²) in [4.78, 5) is 2.87. The molecule has 0 aromatic carbocycles. The largest absolute Gasteiger partial charge is 0.306 e. The van der Waals surface area contributed by atoms with Gasteiger partial charge in [0.25, 0.3) is 0 Å². The minimum Gasteiger partial charge on any atom is -0.306 e. The normalized spacial score (nSPS) is 13.7. The molecule has 0 aliphatic rings. The Hall–Kier alpha value is 0.0900. The lowest BCUT2D eigenvalue weighted by Gasteiger charge is -2.17. The van der Waals surface area contributed by atoms with Crippen molar-refractivity contribution in [3.8, 4) is 0 Å². The lowest BCUT2D eigenvalue weighted by Crippen LogP contribution is -2.20. The topological polar surface area (TPSA) is 12.0 Å². The molecule has 0 amide bonds. The summed E-state index contributed by atoms with van der Waals surface area (Å²) in [6, 6.07) is 7.19. The lowest BCUT2D eigenvalue weighted by molar-refractivity contribution is 0.604. The first kappa shape index (κ1) is 15.5. The summed E-state index contributed by atoms with van der Waals surface area (Å²) in [6.07, 6.45) is 0. The summed E-state index contributed by atoms with van der Waals surface area (Å²) >= 11 is 6.14. The number of nitrogens with one attached hydrogen (secondary N) is 1. The van der Waals surface area contributed by atoms with Gasteiger partial charge in [-0.25, -0.2) is 0 Å². The summed E-state index contributed by atoms with van der Waals surface area (Å²) < 4.78 is 1.35. The van der Waals surface area contributed by atoms with Gasteiger partial charge in [-0.15, -0.1) is 22.7 Å². The van der Waals surface area contributed by atoms with Crippen molar-refractivity contribution < 1.29 is 0 Å². The van der Waals surface area contributed by atoms with E-state index in [0.29, 0.717) is 6.04 Å². The number of hydrogen-bond acceptors (Lipinski definition) is 3. The molecule has 1 N–H and O–H groups in total. The van der Waals surface area contributed by atoms with Crippen LogP contribution in [0.2, 0.25) is 0 Å². The van der Waals surface area contributed by atoms with Crippen LogP contribution < -0.4 is 5.32 Å². The van der Waals surface area contributed by atoms with Crippen molar-refractivity contribution in [3.63, 3.8) is 0 Å². The van der Waals surface area contributed by atoms with E-state index in [2.05, 4.69) is 79.2 Å². The Morgan fingerprint density at radius 2 is 2.05 bits per heavy atom. The maximum atomic E-state index is 3.61. The van der Waals surface area contributed by atoms with Crippen LogP contribution in [-0.2, 0) is 5.41 Å². The predicted octanol–water partition coefficient (Wildman–Crippen LogP) is 5.41. The Kier molecular flexibility index (Phi) is 5.09. The molecular weight excluding hydrogens is 385 g/mol. The summed E-state index contributed by atoms with van der Waals surface area (Å²) in [6.45, 7) is 9.98. The Morgan fingerprint density at radius 3 is 2.53 bits per heavy atom. The first-order valence-electron chi connectivity index (χ1n) is 6.49. The minimum absolute atomic E-state index is 0.239. The van der Waals surface area contributed by atoms with Crippen molar-refractivity contribution in [1.82, 2.24) is 5.32 Å². The van der Waals surface area contributed by atoms with Crippen molar-refractivity contribution in [3.05, 3.63) is 41.8 Å². The van der Waals surface area contributed by atoms with Gasteiger partial charge in [0.15, 0.2) is 0 Å². The van der Waals surface area contributed by atoms with Crippen LogP contribution in [0.1, 0.15) is 49.1 Å². The van der Waals surface area contributed by atoms with Crippen LogP contribution in [0.25, 0.3) is 0 Å². The van der Waals surface area contributed by atoms with Crippen molar-refractivity contribution >= 4 is 45.3 Å². The van der Waals surface area contributed by atoms with Gasteiger partial charge in [-0.2, -0.15) is 0 Å². The maximum absolute atomic E-state index is 3.61. The first-order chi connectivity index (χ1) is 8.91. The van der Waals surface area contributed by atoms with Crippen LogP contribution in [0.4, 0.5) is 0 Å². The van der Waals surface area contributed by atoms with E-state index in [1.807, 2.05) is 22.7 Å². The minimum atomic E-state index is 0.239. The van der Waals surface area contributed by atoms with E-state index >= 15 is 0 Å². The van der Waals surface area contributed by atoms with Gasteiger partial charge in [0, 0.05) is 9.75 Å². The SMILES string of the molecule is CCNC(c1csc(I)c1)c1ccc(C(C)(C)C)s1. The van der Waals surface area contributed by atoms with Gasteiger partial charge in [0.1, 0.15) is 0 Å². The van der Waals surface area contributed by atoms with E-state index < -0.39 is 0 Å². The van der Waals surface area contributed by atoms with Crippen LogP contribution in [0, 0.1) is 2.88 Å². The van der Waals surface area contributed by atoms with Gasteiger partial charge in [-0.05, 0) is 63.7 Å². The molecule has 0 spiro atoms. The molecule has 0 aliphatic heterocycles. The fourth-order valence-electron chi connectivity index (χ4n) is 1.97. The molecule has 19 heavy (non-hydrogen) atoms. The highest BCUT2D eigenvalue weighted by Gasteiger charge is 2.21. The van der Waals surface area contributed by atoms with Crippen LogP contribution >= 0.6 is 45.3 Å². The Morgan fingerprint density at radius 1 is 1.32 bits per heavy atom. The smallest absolute Gasteiger partial charge is 0.0679 e. The fourth-order valence-corrected chi connectivity index (χ4v) is 4.54. The number of hydrogen-bond donors (Lipinski definition) is 1. The van der Waals surface area contributed by atoms with E-state index in [0.717, 1.165) is 6.54 Å². The molecule has 0 radical (unpaired) electrons. The van der Waals surface area contributed by atoms with Gasteiger partial charge in [0.05, 0.1) is 8.93 Å². The van der Waals surface area contributed by atoms with Crippen molar-refractivity contribution in [2.75, 3.05) is 6.54 Å². The van der Waals surface area contributed by atoms with E-state index in [-0.39, 0.29) is 5.41 Å². The zero-order valence-corrected chi connectivity index (χ0v) is 15.6. The van der Waals surface area contributed by atoms with Crippen molar-refractivity contribution in [1.29, 1.82) is 0 Å². The molecule has 1 unspecified atom stereocenters. The summed E-state index contributed by atoms with van der Waals surface area (Å²) in [7, 11) is 0. The molecule has 2 aromatic rings. The molecule has 1 nitrogen and oxygen atoms in total. The quantitative estimate of drug-likeness (QED) is 0.671. The van der Waals surface area contributed by atoms with Crippen LogP contribution in [0.3, 0.4) is 0 Å². The summed E-state index contributed by atoms with van der Waals surface area (Å²) in [5.74, 6) is 0. The Labute approximate surface area is 137 Å². The van der Waals surface area contributed by atoms with E-state index in [1.54, 1.807) is 0 Å². The van der Waals surface area contributed by atoms with E-state index in [1.165, 1.54) is 18.2 Å². The Balaban J connectivity index is 2.32. The lowest BCUT2D eigenvalue weighted by atomic mass is 9.95. The van der Waals surface area contributed by atoms with Crippen LogP contribution in [0.15, 0.2) is 23.6 Å². The molecular formula is C15H20INS2. The third-order valence-electron chi connectivity index (χ3n) is 2.98. The third-order valence-corrected chi connectivity index (χ3v) is 6.36. The molecule has 0 bridgehead atoms. The van der Waals surface area contributed by atoms with E-state index in [4.69, 9.17) is 0 Å². The molecule has 1 atom stereocenters. The molecule has 0 fully saturated rings. The molecule has 2 rings (SSSR count). The second kappa shape index (κ2) is 6.24. The monoisotopic (exact) mass is 405 g/mol. The number of rotatable bonds is 4. The van der Waals surface area contributed by atoms with Gasteiger partial charge >= 0.3 is 0 Å². The third kappa shape index (κ3) is 3.80. The molecule has 0 aliphatic carbocycles. The average Bonchev–Trinajstić information content (AvgIpc) is 2.93. The molecule has 2 aromatic heterocycles. The van der Waals surface area contributed by atoms with Crippen molar-refractivity contribution in [2.45, 2.75) is 39.2 Å². The highest BCUT2D eigenvalue weighted by atomic mass is 127. The standard InChI is InChI=1S/C15H20INS2/c1-5-17-14(10-8-13(16)18-9-10)11-6-7-12(19-11)15(2,3)4/h6-9,14,17H,5H2,1-4H3. The average molecular weight is 405 g/mol. The molecule has 104 valence electrons. The fraction of sp³-hybridized carbons (Fsp3) is 0.467. The van der Waals surface area contributed by atoms with E-state index in [9.17, 15) is 0 Å². The second-order valence-corrected chi connectivity index (χ2v) is 9.55. The summed E-state index contributed by atoms with van der Waals surface area (Å²) in [5, 5.41) is 5.88. The Bertz CT molecular complexity index is 536. The van der Waals surface area contributed by atoms with Gasteiger partial charge in [-0.3, -0.25) is 0 Å². The second-order valence-electron chi connectivity index (χ2n) is 5.63. The van der Waals surface area contributed by atoms with Crippen LogP contribution in [0.5, 0.6) is 0 Å². The number of thiophene rings is 2. The number of halogens is 1. The molecule has 2 heterocycles. The highest BCUT2D eigenvalue weighted by Crippen LogP contribution is 2.35. The first-order valence-corrected chi connectivity index (χ1v) is 9.27. The zero-order valence-electron chi connectivity index (χ0n) is 11.8. The van der Waals surface area contributed by atoms with Crippen molar-refractivity contribution in [2.24, 2.45) is 0 Å². The molecule has 0 saturated carbocycles. The summed E-state index contributed by atoms with van der Waals surface area (Å²) in [5.41, 5.74) is 1.63. The van der Waals surface area contributed by atoms with Gasteiger partial charge < -0.3 is 5.32 Å². The highest BCUT2D eigenvalue weighted by molar-refractivity contribution is 14.1. The van der Waals surface area contributed by atoms with Crippen LogP contribution in [-0.4, -0.2) is 6.54 Å². The van der Waals surface area contributed by atoms with Gasteiger partial charge in [-0.1, -0.05) is 27.7 Å². The molecule has 4 heteroatoms. The predicted molar refractivity (Wildman–Crippen MR) is 95.6 cm³/mol. The molecule has 0 saturated heterocycles. The zero-order chi connectivity index (χ0) is 14.0. The maximum Gasteiger partial charge on any atom is 0.0679 e.